The van der Waals surface area contributed by atoms with Gasteiger partial charge in [-0.2, -0.15) is 13.2 Å². The molecule has 2 N–H and O–H groups in total. The van der Waals surface area contributed by atoms with E-state index in [0.29, 0.717) is 29.7 Å². The summed E-state index contributed by atoms with van der Waals surface area (Å²) in [6.45, 7) is 1.80. The Bertz CT molecular complexity index is 556. The molecule has 1 aromatic rings. The molecule has 0 aliphatic carbocycles. The fourth-order valence-corrected chi connectivity index (χ4v) is 1.68. The molecule has 0 bridgehead atoms. The summed E-state index contributed by atoms with van der Waals surface area (Å²) in [5.41, 5.74) is 1.76. The van der Waals surface area contributed by atoms with E-state index in [0.717, 1.165) is 0 Å². The molecule has 3 nitrogen and oxygen atoms in total. The van der Waals surface area contributed by atoms with E-state index >= 15 is 0 Å². The maximum Gasteiger partial charge on any atom is 0.397 e. The second kappa shape index (κ2) is 7.70. The fourth-order valence-electron chi connectivity index (χ4n) is 1.68. The number of anilines is 1. The molecule has 0 saturated heterocycles. The Morgan fingerprint density at radius 1 is 1.38 bits per heavy atom. The predicted octanol–water partition coefficient (Wildman–Crippen LogP) is 2.87. The quantitative estimate of drug-likeness (QED) is 0.840. The lowest BCUT2D eigenvalue weighted by Crippen LogP contribution is -2.21. The first-order valence-electron chi connectivity index (χ1n) is 6.45. The van der Waals surface area contributed by atoms with Gasteiger partial charge in [-0.25, -0.2) is 0 Å². The fraction of sp³-hybridized carbons (Fsp3) is 0.400. The highest BCUT2D eigenvalue weighted by atomic mass is 19.4. The van der Waals surface area contributed by atoms with Gasteiger partial charge < -0.3 is 10.4 Å². The number of carbonyl (C=O) groups is 1. The Hall–Kier alpha value is -2.00. The third-order valence-corrected chi connectivity index (χ3v) is 2.59. The molecule has 0 radical (unpaired) electrons. The maximum atomic E-state index is 12.1. The van der Waals surface area contributed by atoms with Crippen molar-refractivity contribution in [1.29, 1.82) is 0 Å². The minimum Gasteiger partial charge on any atom is -0.395 e. The Morgan fingerprint density at radius 2 is 2.10 bits per heavy atom. The van der Waals surface area contributed by atoms with E-state index in [-0.39, 0.29) is 6.61 Å². The average molecular weight is 299 g/mol. The van der Waals surface area contributed by atoms with E-state index in [1.807, 2.05) is 6.92 Å². The summed E-state index contributed by atoms with van der Waals surface area (Å²) in [4.78, 5) is 11.3. The molecular weight excluding hydrogens is 283 g/mol. The van der Waals surface area contributed by atoms with Crippen LogP contribution in [0.25, 0.3) is 0 Å². The van der Waals surface area contributed by atoms with Gasteiger partial charge in [0.05, 0.1) is 6.61 Å². The van der Waals surface area contributed by atoms with Crippen molar-refractivity contribution in [2.75, 3.05) is 11.9 Å². The molecule has 1 rings (SSSR count). The zero-order chi connectivity index (χ0) is 15.9. The van der Waals surface area contributed by atoms with Crippen molar-refractivity contribution in [2.45, 2.75) is 32.4 Å². The van der Waals surface area contributed by atoms with Crippen LogP contribution in [0.1, 0.15) is 30.9 Å². The Morgan fingerprint density at radius 3 is 2.67 bits per heavy atom. The van der Waals surface area contributed by atoms with Gasteiger partial charge in [0.1, 0.15) is 6.42 Å². The first kappa shape index (κ1) is 17.1. The second-order valence-corrected chi connectivity index (χ2v) is 4.34. The number of carbonyl (C=O) groups excluding carboxylic acids is 1. The normalized spacial score (nSPS) is 10.7. The van der Waals surface area contributed by atoms with E-state index in [2.05, 4.69) is 17.2 Å². The highest BCUT2D eigenvalue weighted by Crippen LogP contribution is 2.22. The van der Waals surface area contributed by atoms with Crippen molar-refractivity contribution in [2.24, 2.45) is 0 Å². The number of amides is 1. The van der Waals surface area contributed by atoms with Gasteiger partial charge in [-0.3, -0.25) is 4.79 Å². The number of alkyl halides is 3. The van der Waals surface area contributed by atoms with Crippen molar-refractivity contribution in [3.05, 3.63) is 29.3 Å². The van der Waals surface area contributed by atoms with Crippen LogP contribution in [0, 0.1) is 11.8 Å². The van der Waals surface area contributed by atoms with Gasteiger partial charge in [-0.05, 0) is 30.2 Å². The number of hydrogen-bond donors (Lipinski definition) is 2. The SMILES string of the molecule is CCc1cc(C#CCCO)ccc1NC(=O)CC(F)(F)F. The highest BCUT2D eigenvalue weighted by Gasteiger charge is 2.31. The van der Waals surface area contributed by atoms with Crippen molar-refractivity contribution in [1.82, 2.24) is 0 Å². The molecule has 0 unspecified atom stereocenters. The molecule has 0 aliphatic rings. The summed E-state index contributed by atoms with van der Waals surface area (Å²) in [7, 11) is 0. The first-order valence-corrected chi connectivity index (χ1v) is 6.45. The monoisotopic (exact) mass is 299 g/mol. The van der Waals surface area contributed by atoms with Crippen molar-refractivity contribution >= 4 is 11.6 Å². The lowest BCUT2D eigenvalue weighted by atomic mass is 10.1. The second-order valence-electron chi connectivity index (χ2n) is 4.34. The van der Waals surface area contributed by atoms with E-state index in [1.54, 1.807) is 12.1 Å². The van der Waals surface area contributed by atoms with Gasteiger partial charge in [-0.1, -0.05) is 18.8 Å². The van der Waals surface area contributed by atoms with E-state index in [9.17, 15) is 18.0 Å². The summed E-state index contributed by atoms with van der Waals surface area (Å²) in [5.74, 6) is 4.51. The number of benzene rings is 1. The van der Waals surface area contributed by atoms with Gasteiger partial charge in [0.15, 0.2) is 0 Å². The largest absolute Gasteiger partial charge is 0.397 e. The number of aliphatic hydroxyl groups excluding tert-OH is 1. The average Bonchev–Trinajstić information content (AvgIpc) is 2.38. The molecule has 6 heteroatoms. The number of nitrogens with one attached hydrogen (secondary N) is 1. The lowest BCUT2D eigenvalue weighted by molar-refractivity contribution is -0.150. The number of halogens is 3. The third kappa shape index (κ3) is 6.32. The van der Waals surface area contributed by atoms with Crippen LogP contribution in [0.4, 0.5) is 18.9 Å². The van der Waals surface area contributed by atoms with Crippen molar-refractivity contribution in [3.8, 4) is 11.8 Å². The molecule has 0 heterocycles. The summed E-state index contributed by atoms with van der Waals surface area (Å²) in [5, 5.41) is 10.9. The molecule has 0 fully saturated rings. The molecule has 1 aromatic carbocycles. The van der Waals surface area contributed by atoms with Crippen LogP contribution in [0.5, 0.6) is 0 Å². The van der Waals surface area contributed by atoms with Gasteiger partial charge >= 0.3 is 6.18 Å². The smallest absolute Gasteiger partial charge is 0.395 e. The topological polar surface area (TPSA) is 49.3 Å². The predicted molar refractivity (Wildman–Crippen MR) is 73.7 cm³/mol. The number of aliphatic hydroxyl groups is 1. The molecular formula is C15H16F3NO2. The summed E-state index contributed by atoms with van der Waals surface area (Å²) >= 11 is 0. The summed E-state index contributed by atoms with van der Waals surface area (Å²) in [6, 6.07) is 4.87. The van der Waals surface area contributed by atoms with Crippen LogP contribution >= 0.6 is 0 Å². The molecule has 1 amide bonds. The van der Waals surface area contributed by atoms with Crippen molar-refractivity contribution in [3.63, 3.8) is 0 Å². The third-order valence-electron chi connectivity index (χ3n) is 2.59. The molecule has 0 aromatic heterocycles. The highest BCUT2D eigenvalue weighted by molar-refractivity contribution is 5.92. The zero-order valence-electron chi connectivity index (χ0n) is 11.5. The van der Waals surface area contributed by atoms with E-state index < -0.39 is 18.5 Å². The zero-order valence-corrected chi connectivity index (χ0v) is 11.5. The standard InChI is InChI=1S/C15H16F3NO2/c1-2-12-9-11(5-3-4-8-20)6-7-13(12)19-14(21)10-15(16,17)18/h6-7,9,20H,2,4,8,10H2,1H3,(H,19,21). The first-order chi connectivity index (χ1) is 9.85. The summed E-state index contributed by atoms with van der Waals surface area (Å²) < 4.78 is 36.4. The molecule has 114 valence electrons. The van der Waals surface area contributed by atoms with Gasteiger partial charge in [0, 0.05) is 17.7 Å². The van der Waals surface area contributed by atoms with Crippen LogP contribution in [-0.4, -0.2) is 23.8 Å². The van der Waals surface area contributed by atoms with Crippen LogP contribution in [0.2, 0.25) is 0 Å². The Balaban J connectivity index is 2.85. The Kier molecular flexibility index (Phi) is 6.25. The van der Waals surface area contributed by atoms with Crippen LogP contribution in [0.15, 0.2) is 18.2 Å². The van der Waals surface area contributed by atoms with Crippen LogP contribution < -0.4 is 5.32 Å². The minimum absolute atomic E-state index is 0.0286. The Labute approximate surface area is 121 Å². The molecule has 0 aliphatic heterocycles. The maximum absolute atomic E-state index is 12.1. The number of aryl methyl sites for hydroxylation is 1. The van der Waals surface area contributed by atoms with E-state index in [1.165, 1.54) is 6.07 Å². The minimum atomic E-state index is -4.52. The molecule has 0 saturated carbocycles. The van der Waals surface area contributed by atoms with Crippen molar-refractivity contribution < 1.29 is 23.1 Å². The van der Waals surface area contributed by atoms with Crippen LogP contribution in [-0.2, 0) is 11.2 Å². The van der Waals surface area contributed by atoms with Gasteiger partial charge in [-0.15, -0.1) is 0 Å². The van der Waals surface area contributed by atoms with E-state index in [4.69, 9.17) is 5.11 Å². The molecule has 0 spiro atoms. The van der Waals surface area contributed by atoms with Gasteiger partial charge in [0.2, 0.25) is 5.91 Å². The molecule has 0 atom stereocenters. The van der Waals surface area contributed by atoms with Gasteiger partial charge in [0.25, 0.3) is 0 Å². The van der Waals surface area contributed by atoms with Crippen LogP contribution in [0.3, 0.4) is 0 Å². The summed E-state index contributed by atoms with van der Waals surface area (Å²) in [6.07, 6.45) is -5.12. The lowest BCUT2D eigenvalue weighted by Gasteiger charge is -2.11. The molecule has 21 heavy (non-hydrogen) atoms. The number of rotatable bonds is 4. The number of hydrogen-bond acceptors (Lipinski definition) is 2.